The van der Waals surface area contributed by atoms with Crippen LogP contribution in [0.2, 0.25) is 0 Å². The minimum Gasteiger partial charge on any atom is -0.466 e. The number of nitrogens with one attached hydrogen (secondary N) is 1. The van der Waals surface area contributed by atoms with Crippen LogP contribution >= 0.6 is 27.7 Å². The Labute approximate surface area is 197 Å². The molecule has 1 N–H and O–H groups in total. The van der Waals surface area contributed by atoms with Crippen LogP contribution in [-0.4, -0.2) is 59.9 Å². The highest BCUT2D eigenvalue weighted by molar-refractivity contribution is 9.10. The molecule has 1 aromatic heterocycles. The number of carbonyl (C=O) groups is 1. The topological polar surface area (TPSA) is 66.8 Å². The summed E-state index contributed by atoms with van der Waals surface area (Å²) in [5, 5.41) is 3.14. The first-order valence-corrected chi connectivity index (χ1v) is 11.9. The molecule has 2 aromatic rings. The van der Waals surface area contributed by atoms with E-state index >= 15 is 0 Å². The Kier molecular flexibility index (Phi) is 7.22. The van der Waals surface area contributed by atoms with Crippen molar-refractivity contribution >= 4 is 39.5 Å². The summed E-state index contributed by atoms with van der Waals surface area (Å²) in [6, 6.07) is 6.14. The van der Waals surface area contributed by atoms with Crippen LogP contribution in [0.4, 0.5) is 8.78 Å². The number of carbonyl (C=O) groups excluding carboxylic acids is 1. The van der Waals surface area contributed by atoms with E-state index in [9.17, 15) is 13.6 Å². The Morgan fingerprint density at radius 3 is 2.78 bits per heavy atom. The third-order valence-electron chi connectivity index (χ3n) is 5.26. The van der Waals surface area contributed by atoms with Crippen LogP contribution in [0.15, 0.2) is 57.3 Å². The predicted octanol–water partition coefficient (Wildman–Crippen LogP) is 3.69. The summed E-state index contributed by atoms with van der Waals surface area (Å²) >= 11 is 5.26. The summed E-state index contributed by atoms with van der Waals surface area (Å²) < 4.78 is 33.9. The number of halogens is 3. The molecule has 0 radical (unpaired) electrons. The number of methoxy groups -OCH3 is 1. The summed E-state index contributed by atoms with van der Waals surface area (Å²) in [7, 11) is 1.30. The second-order valence-electron chi connectivity index (χ2n) is 7.28. The van der Waals surface area contributed by atoms with Gasteiger partial charge in [-0.15, -0.1) is 0 Å². The molecule has 6 nitrogen and oxygen atoms in total. The summed E-state index contributed by atoms with van der Waals surface area (Å²) in [6.07, 6.45) is 1.48. The van der Waals surface area contributed by atoms with Crippen molar-refractivity contribution in [2.24, 2.45) is 4.99 Å². The number of aromatic nitrogens is 1. The Bertz CT molecular complexity index is 1090. The van der Waals surface area contributed by atoms with Gasteiger partial charge < -0.3 is 10.1 Å². The first kappa shape index (κ1) is 22.9. The number of esters is 1. The van der Waals surface area contributed by atoms with E-state index in [0.717, 1.165) is 24.6 Å². The summed E-state index contributed by atoms with van der Waals surface area (Å²) in [5.74, 6) is 0.672. The maximum absolute atomic E-state index is 14.6. The average Bonchev–Trinajstić information content (AvgIpc) is 2.79. The molecular weight excluding hydrogens is 502 g/mol. The second-order valence-corrected chi connectivity index (χ2v) is 9.36. The molecule has 0 bridgehead atoms. The van der Waals surface area contributed by atoms with E-state index < -0.39 is 23.6 Å². The highest BCUT2D eigenvalue weighted by Crippen LogP contribution is 2.37. The fourth-order valence-corrected chi connectivity index (χ4v) is 5.23. The largest absolute Gasteiger partial charge is 0.466 e. The quantitative estimate of drug-likeness (QED) is 0.604. The van der Waals surface area contributed by atoms with Crippen LogP contribution in [0.3, 0.4) is 0 Å². The van der Waals surface area contributed by atoms with Crippen LogP contribution in [0, 0.1) is 11.6 Å². The molecule has 1 aromatic carbocycles. The molecule has 1 saturated heterocycles. The van der Waals surface area contributed by atoms with Crippen molar-refractivity contribution in [3.63, 3.8) is 0 Å². The minimum absolute atomic E-state index is 0.0475. The maximum atomic E-state index is 14.6. The number of benzene rings is 1. The zero-order valence-electron chi connectivity index (χ0n) is 17.3. The first-order valence-electron chi connectivity index (χ1n) is 10.00. The van der Waals surface area contributed by atoms with Crippen LogP contribution < -0.4 is 5.32 Å². The predicted molar refractivity (Wildman–Crippen MR) is 124 cm³/mol. The summed E-state index contributed by atoms with van der Waals surface area (Å²) in [6.45, 7) is 2.16. The van der Waals surface area contributed by atoms with Gasteiger partial charge >= 0.3 is 5.97 Å². The number of aliphatic imine (C=N–C) groups is 1. The van der Waals surface area contributed by atoms with Gasteiger partial charge in [0.05, 0.1) is 12.7 Å². The van der Waals surface area contributed by atoms with Crippen LogP contribution in [-0.2, 0) is 9.53 Å². The number of hydrogen-bond acceptors (Lipinski definition) is 7. The van der Waals surface area contributed by atoms with Gasteiger partial charge in [0, 0.05) is 47.5 Å². The zero-order valence-corrected chi connectivity index (χ0v) is 19.7. The molecule has 4 rings (SSSR count). The molecule has 1 unspecified atom stereocenters. The molecule has 32 heavy (non-hydrogen) atoms. The lowest BCUT2D eigenvalue weighted by Crippen LogP contribution is -2.42. The van der Waals surface area contributed by atoms with E-state index in [0.29, 0.717) is 27.9 Å². The van der Waals surface area contributed by atoms with Crippen molar-refractivity contribution < 1.29 is 18.3 Å². The Morgan fingerprint density at radius 2 is 2.09 bits per heavy atom. The fourth-order valence-electron chi connectivity index (χ4n) is 3.68. The van der Waals surface area contributed by atoms with Crippen LogP contribution in [0.5, 0.6) is 0 Å². The number of ether oxygens (including phenoxy) is 1. The third-order valence-corrected chi connectivity index (χ3v) is 6.89. The standard InChI is InChI=1S/C22H21BrF2N4O2S/c1-31-22(30)18-17(12-29-7-9-32-10-8-29)27-21(20-16(25)3-2-6-26-20)28-19(18)14-5-4-13(24)11-15(14)23/h2-6,11,19H,7-10,12H2,1H3,(H,27,28). The molecule has 0 aliphatic carbocycles. The Morgan fingerprint density at radius 1 is 1.31 bits per heavy atom. The minimum atomic E-state index is -0.829. The number of hydrogen-bond donors (Lipinski definition) is 1. The van der Waals surface area contributed by atoms with Crippen LogP contribution in [0.25, 0.3) is 0 Å². The lowest BCUT2D eigenvalue weighted by Gasteiger charge is -2.32. The van der Waals surface area contributed by atoms with Crippen molar-refractivity contribution in [1.29, 1.82) is 0 Å². The summed E-state index contributed by atoms with van der Waals surface area (Å²) in [5.41, 5.74) is 1.48. The van der Waals surface area contributed by atoms with E-state index in [1.54, 1.807) is 6.07 Å². The molecule has 10 heteroatoms. The average molecular weight is 523 g/mol. The van der Waals surface area contributed by atoms with Crippen LogP contribution in [0.1, 0.15) is 17.3 Å². The van der Waals surface area contributed by atoms with Crippen molar-refractivity contribution in [3.05, 3.63) is 75.2 Å². The number of nitrogens with zero attached hydrogens (tertiary/aromatic N) is 3. The molecule has 0 amide bonds. The van der Waals surface area contributed by atoms with Crippen molar-refractivity contribution in [2.45, 2.75) is 6.04 Å². The molecule has 1 fully saturated rings. The summed E-state index contributed by atoms with van der Waals surface area (Å²) in [4.78, 5) is 23.9. The van der Waals surface area contributed by atoms with Gasteiger partial charge in [0.1, 0.15) is 17.6 Å². The highest BCUT2D eigenvalue weighted by Gasteiger charge is 2.34. The molecule has 0 saturated carbocycles. The Hall–Kier alpha value is -2.30. The van der Waals surface area contributed by atoms with E-state index in [1.165, 1.54) is 37.6 Å². The molecule has 3 heterocycles. The molecular formula is C22H21BrF2N4O2S. The van der Waals surface area contributed by atoms with E-state index in [-0.39, 0.29) is 11.5 Å². The smallest absolute Gasteiger partial charge is 0.338 e. The van der Waals surface area contributed by atoms with Gasteiger partial charge in [-0.3, -0.25) is 9.89 Å². The van der Waals surface area contributed by atoms with Gasteiger partial charge in [-0.05, 0) is 29.8 Å². The van der Waals surface area contributed by atoms with Crippen molar-refractivity contribution in [2.75, 3.05) is 38.2 Å². The third kappa shape index (κ3) is 4.87. The normalized spacial score (nSPS) is 19.4. The molecule has 2 aliphatic rings. The van der Waals surface area contributed by atoms with E-state index in [1.807, 2.05) is 11.8 Å². The SMILES string of the molecule is COC(=O)C1=C(CN2CCSCC2)NC(c2ncccc2F)=NC1c1ccc(F)cc1Br. The van der Waals surface area contributed by atoms with Gasteiger partial charge in [0.2, 0.25) is 0 Å². The number of pyridine rings is 1. The lowest BCUT2D eigenvalue weighted by molar-refractivity contribution is -0.136. The van der Waals surface area contributed by atoms with Gasteiger partial charge in [0.15, 0.2) is 11.7 Å². The van der Waals surface area contributed by atoms with Crippen molar-refractivity contribution in [1.82, 2.24) is 15.2 Å². The highest BCUT2D eigenvalue weighted by atomic mass is 79.9. The second kappa shape index (κ2) is 10.1. The maximum Gasteiger partial charge on any atom is 0.338 e. The molecule has 0 spiro atoms. The fraction of sp³-hybridized carbons (Fsp3) is 0.318. The number of rotatable bonds is 5. The van der Waals surface area contributed by atoms with Gasteiger partial charge in [-0.25, -0.2) is 18.6 Å². The first-order chi connectivity index (χ1) is 15.5. The molecule has 1 atom stereocenters. The molecule has 2 aliphatic heterocycles. The lowest BCUT2D eigenvalue weighted by atomic mass is 9.95. The Balaban J connectivity index is 1.85. The van der Waals surface area contributed by atoms with E-state index in [4.69, 9.17) is 4.74 Å². The molecule has 168 valence electrons. The van der Waals surface area contributed by atoms with E-state index in [2.05, 4.69) is 36.1 Å². The van der Waals surface area contributed by atoms with Gasteiger partial charge in [-0.1, -0.05) is 22.0 Å². The number of thioether (sulfide) groups is 1. The van der Waals surface area contributed by atoms with Gasteiger partial charge in [0.25, 0.3) is 0 Å². The van der Waals surface area contributed by atoms with Crippen molar-refractivity contribution in [3.8, 4) is 0 Å². The van der Waals surface area contributed by atoms with Gasteiger partial charge in [-0.2, -0.15) is 11.8 Å². The zero-order chi connectivity index (χ0) is 22.7. The monoisotopic (exact) mass is 522 g/mol. The number of amidine groups is 1.